The SMILES string of the molecule is COc1cccc(C(O)C#N)c1OC. The first kappa shape index (κ1) is 10.4. The predicted octanol–water partition coefficient (Wildman–Crippen LogP) is 1.26. The van der Waals surface area contributed by atoms with Gasteiger partial charge in [-0.15, -0.1) is 0 Å². The molecule has 0 bridgehead atoms. The minimum Gasteiger partial charge on any atom is -0.493 e. The van der Waals surface area contributed by atoms with Crippen LogP contribution >= 0.6 is 0 Å². The molecule has 0 amide bonds. The number of para-hydroxylation sites is 1. The van der Waals surface area contributed by atoms with Gasteiger partial charge in [0.15, 0.2) is 17.6 Å². The lowest BCUT2D eigenvalue weighted by Gasteiger charge is -2.12. The van der Waals surface area contributed by atoms with Crippen molar-refractivity contribution in [1.82, 2.24) is 0 Å². The van der Waals surface area contributed by atoms with Gasteiger partial charge in [0.2, 0.25) is 0 Å². The number of methoxy groups -OCH3 is 2. The molecule has 0 radical (unpaired) electrons. The molecule has 0 aromatic heterocycles. The number of aliphatic hydroxyl groups excluding tert-OH is 1. The molecule has 4 heteroatoms. The van der Waals surface area contributed by atoms with Crippen molar-refractivity contribution in [2.75, 3.05) is 14.2 Å². The molecular weight excluding hydrogens is 182 g/mol. The fourth-order valence-electron chi connectivity index (χ4n) is 1.20. The molecule has 0 saturated carbocycles. The minimum absolute atomic E-state index is 0.393. The fourth-order valence-corrected chi connectivity index (χ4v) is 1.20. The second-order valence-electron chi connectivity index (χ2n) is 2.61. The monoisotopic (exact) mass is 193 g/mol. The zero-order valence-electron chi connectivity index (χ0n) is 8.02. The number of nitriles is 1. The van der Waals surface area contributed by atoms with Gasteiger partial charge in [0.05, 0.1) is 20.3 Å². The van der Waals surface area contributed by atoms with Crippen molar-refractivity contribution in [1.29, 1.82) is 5.26 Å². The van der Waals surface area contributed by atoms with E-state index >= 15 is 0 Å². The molecule has 1 rings (SSSR count). The lowest BCUT2D eigenvalue weighted by atomic mass is 10.1. The van der Waals surface area contributed by atoms with Crippen LogP contribution in [0.15, 0.2) is 18.2 Å². The van der Waals surface area contributed by atoms with E-state index < -0.39 is 6.10 Å². The van der Waals surface area contributed by atoms with Crippen LogP contribution in [0.1, 0.15) is 11.7 Å². The minimum atomic E-state index is -1.19. The standard InChI is InChI=1S/C10H11NO3/c1-13-9-5-3-4-7(8(12)6-11)10(9)14-2/h3-5,8,12H,1-2H3. The summed E-state index contributed by atoms with van der Waals surface area (Å²) >= 11 is 0. The van der Waals surface area contributed by atoms with Crippen LogP contribution in [0.5, 0.6) is 11.5 Å². The maximum absolute atomic E-state index is 9.36. The van der Waals surface area contributed by atoms with Gasteiger partial charge in [0, 0.05) is 5.56 Å². The summed E-state index contributed by atoms with van der Waals surface area (Å²) in [5.74, 6) is 0.892. The molecule has 1 atom stereocenters. The molecule has 1 N–H and O–H groups in total. The Labute approximate surface area is 82.3 Å². The molecule has 0 fully saturated rings. The van der Waals surface area contributed by atoms with Gasteiger partial charge in [-0.25, -0.2) is 0 Å². The quantitative estimate of drug-likeness (QED) is 0.734. The number of nitrogens with zero attached hydrogens (tertiary/aromatic N) is 1. The van der Waals surface area contributed by atoms with E-state index in [0.717, 1.165) is 0 Å². The summed E-state index contributed by atoms with van der Waals surface area (Å²) in [5, 5.41) is 17.9. The molecule has 0 aliphatic carbocycles. The largest absolute Gasteiger partial charge is 0.493 e. The van der Waals surface area contributed by atoms with Gasteiger partial charge >= 0.3 is 0 Å². The molecule has 0 heterocycles. The molecule has 74 valence electrons. The third-order valence-corrected chi connectivity index (χ3v) is 1.85. The Bertz CT molecular complexity index is 357. The van der Waals surface area contributed by atoms with Crippen molar-refractivity contribution in [3.63, 3.8) is 0 Å². The number of rotatable bonds is 3. The molecule has 0 saturated heterocycles. The highest BCUT2D eigenvalue weighted by molar-refractivity contribution is 5.48. The third-order valence-electron chi connectivity index (χ3n) is 1.85. The Balaban J connectivity index is 3.23. The predicted molar refractivity (Wildman–Crippen MR) is 50.1 cm³/mol. The summed E-state index contributed by atoms with van der Waals surface area (Å²) in [6.45, 7) is 0. The Morgan fingerprint density at radius 3 is 2.57 bits per heavy atom. The van der Waals surface area contributed by atoms with Gasteiger partial charge in [0.25, 0.3) is 0 Å². The van der Waals surface area contributed by atoms with Crippen molar-refractivity contribution in [3.05, 3.63) is 23.8 Å². The van der Waals surface area contributed by atoms with E-state index in [1.165, 1.54) is 14.2 Å². The molecule has 1 aromatic carbocycles. The van der Waals surface area contributed by atoms with Gasteiger partial charge in [-0.05, 0) is 6.07 Å². The molecule has 14 heavy (non-hydrogen) atoms. The smallest absolute Gasteiger partial charge is 0.169 e. The van der Waals surface area contributed by atoms with Crippen LogP contribution in [0.25, 0.3) is 0 Å². The number of aliphatic hydroxyl groups is 1. The Morgan fingerprint density at radius 2 is 2.07 bits per heavy atom. The first-order chi connectivity index (χ1) is 6.74. The topological polar surface area (TPSA) is 62.5 Å². The van der Waals surface area contributed by atoms with E-state index in [9.17, 15) is 5.11 Å². The second kappa shape index (κ2) is 4.49. The zero-order valence-corrected chi connectivity index (χ0v) is 8.02. The summed E-state index contributed by atoms with van der Waals surface area (Å²) in [7, 11) is 2.96. The average molecular weight is 193 g/mol. The lowest BCUT2D eigenvalue weighted by molar-refractivity contribution is 0.228. The van der Waals surface area contributed by atoms with Crippen LogP contribution < -0.4 is 9.47 Å². The summed E-state index contributed by atoms with van der Waals surface area (Å²) in [6.07, 6.45) is -1.19. The molecule has 1 aromatic rings. The number of benzene rings is 1. The lowest BCUT2D eigenvalue weighted by Crippen LogP contribution is -2.00. The maximum Gasteiger partial charge on any atom is 0.169 e. The molecule has 1 unspecified atom stereocenters. The van der Waals surface area contributed by atoms with Crippen LogP contribution in [0.4, 0.5) is 0 Å². The number of hydrogen-bond donors (Lipinski definition) is 1. The van der Waals surface area contributed by atoms with Crippen LogP contribution in [0.3, 0.4) is 0 Å². The Morgan fingerprint density at radius 1 is 1.36 bits per heavy atom. The summed E-state index contributed by atoms with van der Waals surface area (Å²) < 4.78 is 10.1. The summed E-state index contributed by atoms with van der Waals surface area (Å²) in [4.78, 5) is 0. The second-order valence-corrected chi connectivity index (χ2v) is 2.61. The van der Waals surface area contributed by atoms with Gasteiger partial charge in [-0.2, -0.15) is 5.26 Å². The number of hydrogen-bond acceptors (Lipinski definition) is 4. The van der Waals surface area contributed by atoms with E-state index in [1.54, 1.807) is 24.3 Å². The fraction of sp³-hybridized carbons (Fsp3) is 0.300. The first-order valence-corrected chi connectivity index (χ1v) is 4.03. The van der Waals surface area contributed by atoms with E-state index in [-0.39, 0.29) is 0 Å². The summed E-state index contributed by atoms with van der Waals surface area (Å²) in [5.41, 5.74) is 0.411. The molecule has 0 spiro atoms. The van der Waals surface area contributed by atoms with Crippen molar-refractivity contribution in [2.45, 2.75) is 6.10 Å². The maximum atomic E-state index is 9.36. The number of ether oxygens (including phenoxy) is 2. The Kier molecular flexibility index (Phi) is 3.32. The average Bonchev–Trinajstić information content (AvgIpc) is 2.26. The Hall–Kier alpha value is -1.73. The van der Waals surface area contributed by atoms with E-state index in [0.29, 0.717) is 17.1 Å². The highest BCUT2D eigenvalue weighted by Gasteiger charge is 2.15. The normalized spacial score (nSPS) is 11.6. The van der Waals surface area contributed by atoms with Crippen molar-refractivity contribution >= 4 is 0 Å². The molecule has 0 aliphatic heterocycles. The van der Waals surface area contributed by atoms with Crippen LogP contribution in [-0.4, -0.2) is 19.3 Å². The molecule has 4 nitrogen and oxygen atoms in total. The zero-order chi connectivity index (χ0) is 10.6. The van der Waals surface area contributed by atoms with Crippen LogP contribution in [0.2, 0.25) is 0 Å². The molecular formula is C10H11NO3. The van der Waals surface area contributed by atoms with Crippen LogP contribution in [0, 0.1) is 11.3 Å². The van der Waals surface area contributed by atoms with Gasteiger partial charge < -0.3 is 14.6 Å². The van der Waals surface area contributed by atoms with Crippen molar-refractivity contribution in [3.8, 4) is 17.6 Å². The van der Waals surface area contributed by atoms with Gasteiger partial charge in [-0.1, -0.05) is 12.1 Å². The first-order valence-electron chi connectivity index (χ1n) is 4.03. The van der Waals surface area contributed by atoms with Gasteiger partial charge in [-0.3, -0.25) is 0 Å². The highest BCUT2D eigenvalue weighted by Crippen LogP contribution is 2.34. The van der Waals surface area contributed by atoms with Gasteiger partial charge in [0.1, 0.15) is 0 Å². The van der Waals surface area contributed by atoms with Crippen molar-refractivity contribution in [2.24, 2.45) is 0 Å². The van der Waals surface area contributed by atoms with E-state index in [1.807, 2.05) is 0 Å². The van der Waals surface area contributed by atoms with E-state index in [4.69, 9.17) is 14.7 Å². The van der Waals surface area contributed by atoms with Crippen LogP contribution in [-0.2, 0) is 0 Å². The van der Waals surface area contributed by atoms with E-state index in [2.05, 4.69) is 0 Å². The third kappa shape index (κ3) is 1.78. The molecule has 0 aliphatic rings. The van der Waals surface area contributed by atoms with Crippen molar-refractivity contribution < 1.29 is 14.6 Å². The highest BCUT2D eigenvalue weighted by atomic mass is 16.5. The summed E-state index contributed by atoms with van der Waals surface area (Å²) in [6, 6.07) is 6.74.